The SMILES string of the molecule is COc1cccc(C(=O)Oc2ccc3c(c2)O/C(=C/c2sccc2C)C3=O)c1. The van der Waals surface area contributed by atoms with Crippen LogP contribution >= 0.6 is 11.3 Å². The van der Waals surface area contributed by atoms with E-state index in [0.29, 0.717) is 28.4 Å². The molecule has 5 nitrogen and oxygen atoms in total. The molecule has 0 atom stereocenters. The number of carbonyl (C=O) groups excluding carboxylic acids is 2. The molecule has 0 saturated carbocycles. The van der Waals surface area contributed by atoms with E-state index in [1.165, 1.54) is 7.11 Å². The number of methoxy groups -OCH3 is 1. The summed E-state index contributed by atoms with van der Waals surface area (Å²) in [7, 11) is 1.53. The van der Waals surface area contributed by atoms with Crippen molar-refractivity contribution in [3.8, 4) is 17.2 Å². The van der Waals surface area contributed by atoms with Crippen LogP contribution in [0.4, 0.5) is 0 Å². The van der Waals surface area contributed by atoms with Crippen LogP contribution in [0.2, 0.25) is 0 Å². The minimum Gasteiger partial charge on any atom is -0.497 e. The molecule has 0 radical (unpaired) electrons. The molecule has 1 aliphatic rings. The predicted octanol–water partition coefficient (Wildman–Crippen LogP) is 4.90. The summed E-state index contributed by atoms with van der Waals surface area (Å²) >= 11 is 1.54. The predicted molar refractivity (Wildman–Crippen MR) is 106 cm³/mol. The number of carbonyl (C=O) groups is 2. The maximum absolute atomic E-state index is 12.5. The lowest BCUT2D eigenvalue weighted by molar-refractivity contribution is 0.0734. The molecule has 140 valence electrons. The van der Waals surface area contributed by atoms with E-state index >= 15 is 0 Å². The van der Waals surface area contributed by atoms with Crippen molar-refractivity contribution in [2.45, 2.75) is 6.92 Å². The average molecular weight is 392 g/mol. The molecule has 1 aliphatic heterocycles. The number of Topliss-reactive ketones (excluding diaryl/α,β-unsaturated/α-hetero) is 1. The number of thiophene rings is 1. The highest BCUT2D eigenvalue weighted by atomic mass is 32.1. The lowest BCUT2D eigenvalue weighted by Gasteiger charge is -2.07. The lowest BCUT2D eigenvalue weighted by atomic mass is 10.1. The second-order valence-electron chi connectivity index (χ2n) is 6.19. The summed E-state index contributed by atoms with van der Waals surface area (Å²) in [5.41, 5.74) is 1.89. The normalized spacial score (nSPS) is 13.9. The van der Waals surface area contributed by atoms with Gasteiger partial charge in [-0.05, 0) is 54.3 Å². The van der Waals surface area contributed by atoms with E-state index in [0.717, 1.165) is 10.4 Å². The Hall–Kier alpha value is -3.38. The molecule has 28 heavy (non-hydrogen) atoms. The maximum atomic E-state index is 12.5. The number of aryl methyl sites for hydroxylation is 1. The number of esters is 1. The van der Waals surface area contributed by atoms with Gasteiger partial charge in [0, 0.05) is 17.0 Å². The average Bonchev–Trinajstić information content (AvgIpc) is 3.25. The molecular weight excluding hydrogens is 376 g/mol. The van der Waals surface area contributed by atoms with Crippen LogP contribution in [0.3, 0.4) is 0 Å². The van der Waals surface area contributed by atoms with E-state index in [1.807, 2.05) is 18.4 Å². The first-order chi connectivity index (χ1) is 13.5. The smallest absolute Gasteiger partial charge is 0.343 e. The van der Waals surface area contributed by atoms with Crippen LogP contribution in [-0.2, 0) is 0 Å². The number of fused-ring (bicyclic) bond motifs is 1. The number of rotatable bonds is 4. The van der Waals surface area contributed by atoms with Crippen molar-refractivity contribution in [3.63, 3.8) is 0 Å². The van der Waals surface area contributed by atoms with E-state index < -0.39 is 5.97 Å². The molecular formula is C22H16O5S. The highest BCUT2D eigenvalue weighted by Crippen LogP contribution is 2.35. The summed E-state index contributed by atoms with van der Waals surface area (Å²) < 4.78 is 16.3. The van der Waals surface area contributed by atoms with Crippen LogP contribution in [0.1, 0.15) is 31.2 Å². The highest BCUT2D eigenvalue weighted by molar-refractivity contribution is 7.11. The monoisotopic (exact) mass is 392 g/mol. The van der Waals surface area contributed by atoms with Crippen molar-refractivity contribution in [2.24, 2.45) is 0 Å². The Morgan fingerprint density at radius 1 is 1.11 bits per heavy atom. The first-order valence-electron chi connectivity index (χ1n) is 8.54. The van der Waals surface area contributed by atoms with E-state index in [-0.39, 0.29) is 11.5 Å². The second-order valence-corrected chi connectivity index (χ2v) is 7.13. The third kappa shape index (κ3) is 3.42. The van der Waals surface area contributed by atoms with Gasteiger partial charge in [-0.2, -0.15) is 0 Å². The molecule has 0 fully saturated rings. The van der Waals surface area contributed by atoms with Crippen molar-refractivity contribution in [1.82, 2.24) is 0 Å². The fourth-order valence-electron chi connectivity index (χ4n) is 2.80. The summed E-state index contributed by atoms with van der Waals surface area (Å²) in [6.45, 7) is 1.98. The van der Waals surface area contributed by atoms with Gasteiger partial charge < -0.3 is 14.2 Å². The van der Waals surface area contributed by atoms with E-state index in [4.69, 9.17) is 14.2 Å². The quantitative estimate of drug-likeness (QED) is 0.359. The van der Waals surface area contributed by atoms with Crippen LogP contribution < -0.4 is 14.2 Å². The number of hydrogen-bond donors (Lipinski definition) is 0. The molecule has 2 heterocycles. The fourth-order valence-corrected chi connectivity index (χ4v) is 3.65. The molecule has 0 N–H and O–H groups in total. The van der Waals surface area contributed by atoms with E-state index in [1.54, 1.807) is 59.9 Å². The number of hydrogen-bond acceptors (Lipinski definition) is 6. The standard InChI is InChI=1S/C22H16O5S/c1-13-8-9-28-20(13)12-19-21(23)17-7-6-16(11-18(17)27-19)26-22(24)14-4-3-5-15(10-14)25-2/h3-12H,1-2H3/b19-12+. The summed E-state index contributed by atoms with van der Waals surface area (Å²) in [5.74, 6) is 0.795. The zero-order valence-electron chi connectivity index (χ0n) is 15.2. The Morgan fingerprint density at radius 3 is 2.71 bits per heavy atom. The van der Waals surface area contributed by atoms with Gasteiger partial charge in [0.2, 0.25) is 5.78 Å². The van der Waals surface area contributed by atoms with Crippen molar-refractivity contribution in [1.29, 1.82) is 0 Å². The molecule has 0 bridgehead atoms. The summed E-state index contributed by atoms with van der Waals surface area (Å²) in [4.78, 5) is 25.9. The van der Waals surface area contributed by atoms with Gasteiger partial charge in [-0.3, -0.25) is 4.79 Å². The Morgan fingerprint density at radius 2 is 1.96 bits per heavy atom. The minimum absolute atomic E-state index is 0.187. The Kier molecular flexibility index (Phi) is 4.71. The Labute approximate surface area is 165 Å². The molecule has 4 rings (SSSR count). The van der Waals surface area contributed by atoms with Gasteiger partial charge in [0.05, 0.1) is 18.2 Å². The molecule has 3 aromatic rings. The first-order valence-corrected chi connectivity index (χ1v) is 9.42. The van der Waals surface area contributed by atoms with Crippen LogP contribution in [0.15, 0.2) is 59.7 Å². The van der Waals surface area contributed by atoms with Crippen molar-refractivity contribution < 1.29 is 23.8 Å². The molecule has 6 heteroatoms. The van der Waals surface area contributed by atoms with Gasteiger partial charge in [-0.15, -0.1) is 11.3 Å². The summed E-state index contributed by atoms with van der Waals surface area (Å²) in [5, 5.41) is 1.96. The highest BCUT2D eigenvalue weighted by Gasteiger charge is 2.28. The second kappa shape index (κ2) is 7.32. The number of ketones is 1. The topological polar surface area (TPSA) is 61.8 Å². The van der Waals surface area contributed by atoms with Gasteiger partial charge in [-0.1, -0.05) is 6.07 Å². The zero-order valence-corrected chi connectivity index (χ0v) is 16.0. The van der Waals surface area contributed by atoms with E-state index in [9.17, 15) is 9.59 Å². The van der Waals surface area contributed by atoms with Gasteiger partial charge in [-0.25, -0.2) is 4.79 Å². The van der Waals surface area contributed by atoms with Crippen LogP contribution in [0, 0.1) is 6.92 Å². The van der Waals surface area contributed by atoms with Crippen molar-refractivity contribution in [3.05, 3.63) is 81.2 Å². The van der Waals surface area contributed by atoms with Crippen molar-refractivity contribution >= 4 is 29.2 Å². The molecule has 0 amide bonds. The number of allylic oxidation sites excluding steroid dienone is 1. The minimum atomic E-state index is -0.520. The Balaban J connectivity index is 1.55. The lowest BCUT2D eigenvalue weighted by Crippen LogP contribution is -2.08. The Bertz CT molecular complexity index is 1110. The third-order valence-electron chi connectivity index (χ3n) is 4.32. The third-order valence-corrected chi connectivity index (χ3v) is 5.29. The van der Waals surface area contributed by atoms with Gasteiger partial charge in [0.1, 0.15) is 17.2 Å². The number of ether oxygens (including phenoxy) is 3. The number of benzene rings is 2. The zero-order chi connectivity index (χ0) is 19.7. The van der Waals surface area contributed by atoms with Gasteiger partial charge in [0.25, 0.3) is 0 Å². The van der Waals surface area contributed by atoms with Crippen molar-refractivity contribution in [2.75, 3.05) is 7.11 Å². The molecule has 0 aliphatic carbocycles. The van der Waals surface area contributed by atoms with Crippen LogP contribution in [-0.4, -0.2) is 18.9 Å². The first kappa shape index (κ1) is 18.0. The van der Waals surface area contributed by atoms with E-state index in [2.05, 4.69) is 0 Å². The molecule has 0 spiro atoms. The van der Waals surface area contributed by atoms with Crippen LogP contribution in [0.25, 0.3) is 6.08 Å². The molecule has 0 saturated heterocycles. The fraction of sp³-hybridized carbons (Fsp3) is 0.0909. The van der Waals surface area contributed by atoms with Gasteiger partial charge in [0.15, 0.2) is 5.76 Å². The summed E-state index contributed by atoms with van der Waals surface area (Å²) in [6, 6.07) is 13.4. The maximum Gasteiger partial charge on any atom is 0.343 e. The largest absolute Gasteiger partial charge is 0.497 e. The van der Waals surface area contributed by atoms with Crippen LogP contribution in [0.5, 0.6) is 17.2 Å². The molecule has 2 aromatic carbocycles. The molecule has 1 aromatic heterocycles. The summed E-state index contributed by atoms with van der Waals surface area (Å²) in [6.07, 6.45) is 1.74. The van der Waals surface area contributed by atoms with Gasteiger partial charge >= 0.3 is 5.97 Å². The molecule has 0 unspecified atom stereocenters.